The molecule has 4 aromatic rings. The molecular weight excluding hydrogens is 403 g/mol. The molecule has 7 nitrogen and oxygen atoms in total. The number of benzene rings is 3. The van der Waals surface area contributed by atoms with Crippen LogP contribution >= 0.6 is 0 Å². The van der Waals surface area contributed by atoms with Gasteiger partial charge in [-0.1, -0.05) is 12.1 Å². The summed E-state index contributed by atoms with van der Waals surface area (Å²) in [4.78, 5) is 25.2. The highest BCUT2D eigenvalue weighted by Crippen LogP contribution is 2.29. The van der Waals surface area contributed by atoms with Crippen molar-refractivity contribution >= 4 is 22.7 Å². The van der Waals surface area contributed by atoms with Crippen LogP contribution in [0.4, 0.5) is 10.1 Å². The third-order valence-corrected chi connectivity index (χ3v) is 4.84. The molecule has 3 aromatic carbocycles. The molecule has 0 bridgehead atoms. The maximum Gasteiger partial charge on any atom is 0.420 e. The minimum absolute atomic E-state index is 0.181. The number of ether oxygens (including phenoxy) is 2. The van der Waals surface area contributed by atoms with E-state index >= 15 is 0 Å². The van der Waals surface area contributed by atoms with E-state index in [0.717, 1.165) is 5.56 Å². The number of anilines is 1. The van der Waals surface area contributed by atoms with Crippen molar-refractivity contribution in [3.8, 4) is 11.5 Å². The highest BCUT2D eigenvalue weighted by molar-refractivity contribution is 6.06. The summed E-state index contributed by atoms with van der Waals surface area (Å²) in [6, 6.07) is 15.6. The number of fused-ring (bicyclic) bond motifs is 1. The first kappa shape index (κ1) is 20.2. The fraction of sp³-hybridized carbons (Fsp3) is 0.130. The van der Waals surface area contributed by atoms with Gasteiger partial charge in [-0.05, 0) is 48.0 Å². The number of hydrogen-bond acceptors (Lipinski definition) is 5. The molecule has 1 amide bonds. The number of carbonyl (C=O) groups is 1. The maximum atomic E-state index is 13.2. The lowest BCUT2D eigenvalue weighted by Gasteiger charge is -2.12. The fourth-order valence-electron chi connectivity index (χ4n) is 3.23. The number of rotatable bonds is 6. The highest BCUT2D eigenvalue weighted by atomic mass is 19.1. The summed E-state index contributed by atoms with van der Waals surface area (Å²) in [5.74, 6) is -0.275. The lowest BCUT2D eigenvalue weighted by molar-refractivity contribution is 0.102. The average molecular weight is 422 g/mol. The molecular formula is C23H19FN2O5. The fourth-order valence-corrected chi connectivity index (χ4v) is 3.23. The molecule has 0 aliphatic rings. The van der Waals surface area contributed by atoms with Crippen LogP contribution in [0.15, 0.2) is 69.9 Å². The van der Waals surface area contributed by atoms with Gasteiger partial charge in [0.2, 0.25) is 0 Å². The van der Waals surface area contributed by atoms with Crippen molar-refractivity contribution in [2.75, 3.05) is 19.5 Å². The van der Waals surface area contributed by atoms with Gasteiger partial charge in [-0.25, -0.2) is 9.18 Å². The van der Waals surface area contributed by atoms with Crippen LogP contribution in [-0.4, -0.2) is 24.7 Å². The summed E-state index contributed by atoms with van der Waals surface area (Å²) < 4.78 is 30.3. The molecule has 0 fully saturated rings. The van der Waals surface area contributed by atoms with Crippen molar-refractivity contribution in [2.24, 2.45) is 0 Å². The Kier molecular flexibility index (Phi) is 5.44. The smallest absolute Gasteiger partial charge is 0.420 e. The summed E-state index contributed by atoms with van der Waals surface area (Å²) in [7, 11) is 3.03. The first-order valence-corrected chi connectivity index (χ1v) is 9.39. The lowest BCUT2D eigenvalue weighted by Crippen LogP contribution is -2.16. The van der Waals surface area contributed by atoms with Crippen LogP contribution in [0.2, 0.25) is 0 Å². The van der Waals surface area contributed by atoms with E-state index in [1.54, 1.807) is 48.5 Å². The molecule has 1 heterocycles. The molecule has 0 unspecified atom stereocenters. The number of hydrogen-bond donors (Lipinski definition) is 1. The minimum Gasteiger partial charge on any atom is -0.497 e. The molecule has 0 radical (unpaired) electrons. The summed E-state index contributed by atoms with van der Waals surface area (Å²) >= 11 is 0. The third-order valence-electron chi connectivity index (χ3n) is 4.84. The van der Waals surface area contributed by atoms with Gasteiger partial charge in [0, 0.05) is 11.6 Å². The van der Waals surface area contributed by atoms with Crippen molar-refractivity contribution < 1.29 is 23.1 Å². The largest absolute Gasteiger partial charge is 0.497 e. The SMILES string of the molecule is COc1ccc(OC)c(NC(=O)c2ccc3oc(=O)n(Cc4ccc(F)cc4)c3c2)c1. The van der Waals surface area contributed by atoms with Gasteiger partial charge in [0.1, 0.15) is 17.3 Å². The van der Waals surface area contributed by atoms with E-state index < -0.39 is 11.7 Å². The normalized spacial score (nSPS) is 10.8. The number of amides is 1. The second-order valence-corrected chi connectivity index (χ2v) is 6.78. The van der Waals surface area contributed by atoms with E-state index in [9.17, 15) is 14.0 Å². The number of oxazole rings is 1. The van der Waals surface area contributed by atoms with E-state index in [2.05, 4.69) is 5.32 Å². The highest BCUT2D eigenvalue weighted by Gasteiger charge is 2.15. The molecule has 8 heteroatoms. The van der Waals surface area contributed by atoms with Gasteiger partial charge in [-0.2, -0.15) is 0 Å². The van der Waals surface area contributed by atoms with E-state index in [0.29, 0.717) is 33.8 Å². The van der Waals surface area contributed by atoms with Crippen LogP contribution in [0.3, 0.4) is 0 Å². The average Bonchev–Trinajstić information content (AvgIpc) is 3.09. The van der Waals surface area contributed by atoms with Gasteiger partial charge in [0.05, 0.1) is 32.0 Å². The van der Waals surface area contributed by atoms with Crippen LogP contribution in [0, 0.1) is 5.82 Å². The maximum absolute atomic E-state index is 13.2. The van der Waals surface area contributed by atoms with Crippen LogP contribution < -0.4 is 20.5 Å². The van der Waals surface area contributed by atoms with Gasteiger partial charge in [0.25, 0.3) is 5.91 Å². The summed E-state index contributed by atoms with van der Waals surface area (Å²) in [6.45, 7) is 0.181. The molecule has 0 saturated heterocycles. The first-order chi connectivity index (χ1) is 15.0. The zero-order valence-electron chi connectivity index (χ0n) is 16.8. The van der Waals surface area contributed by atoms with Gasteiger partial charge in [0.15, 0.2) is 5.58 Å². The summed E-state index contributed by atoms with van der Waals surface area (Å²) in [5, 5.41) is 2.80. The van der Waals surface area contributed by atoms with Crippen LogP contribution in [-0.2, 0) is 6.54 Å². The first-order valence-electron chi connectivity index (χ1n) is 9.39. The number of nitrogens with one attached hydrogen (secondary N) is 1. The molecule has 4 rings (SSSR count). The topological polar surface area (TPSA) is 82.7 Å². The third kappa shape index (κ3) is 4.13. The Balaban J connectivity index is 1.66. The van der Waals surface area contributed by atoms with Gasteiger partial charge < -0.3 is 19.2 Å². The number of halogens is 1. The lowest BCUT2D eigenvalue weighted by atomic mass is 10.1. The molecule has 0 spiro atoms. The quantitative estimate of drug-likeness (QED) is 0.507. The Morgan fingerprint density at radius 1 is 1.03 bits per heavy atom. The monoisotopic (exact) mass is 422 g/mol. The molecule has 1 N–H and O–H groups in total. The van der Waals surface area contributed by atoms with E-state index in [-0.39, 0.29) is 12.4 Å². The molecule has 31 heavy (non-hydrogen) atoms. The predicted octanol–water partition coefficient (Wildman–Crippen LogP) is 4.05. The Hall–Kier alpha value is -4.07. The number of methoxy groups -OCH3 is 2. The predicted molar refractivity (Wildman–Crippen MR) is 113 cm³/mol. The number of nitrogens with zero attached hydrogens (tertiary/aromatic N) is 1. The zero-order chi connectivity index (χ0) is 22.0. The van der Waals surface area contributed by atoms with Crippen molar-refractivity contribution in [1.29, 1.82) is 0 Å². The van der Waals surface area contributed by atoms with Crippen LogP contribution in [0.25, 0.3) is 11.1 Å². The summed E-state index contributed by atoms with van der Waals surface area (Å²) in [6.07, 6.45) is 0. The summed E-state index contributed by atoms with van der Waals surface area (Å²) in [5.41, 5.74) is 2.30. The number of carbonyl (C=O) groups excluding carboxylic acids is 1. The Morgan fingerprint density at radius 2 is 1.81 bits per heavy atom. The van der Waals surface area contributed by atoms with E-state index in [1.165, 1.54) is 30.9 Å². The standard InChI is InChI=1S/C23H19FN2O5/c1-29-17-8-10-20(30-2)18(12-17)25-22(27)15-5-9-21-19(11-15)26(23(28)31-21)13-14-3-6-16(24)7-4-14/h3-12H,13H2,1-2H3,(H,25,27). The minimum atomic E-state index is -0.564. The van der Waals surface area contributed by atoms with E-state index in [4.69, 9.17) is 13.9 Å². The van der Waals surface area contributed by atoms with Gasteiger partial charge >= 0.3 is 5.76 Å². The van der Waals surface area contributed by atoms with Crippen molar-refractivity contribution in [3.05, 3.63) is 88.2 Å². The van der Waals surface area contributed by atoms with Crippen molar-refractivity contribution in [3.63, 3.8) is 0 Å². The molecule has 1 aromatic heterocycles. The van der Waals surface area contributed by atoms with Gasteiger partial charge in [-0.15, -0.1) is 0 Å². The molecule has 0 saturated carbocycles. The second kappa shape index (κ2) is 8.35. The van der Waals surface area contributed by atoms with Crippen LogP contribution in [0.1, 0.15) is 15.9 Å². The molecule has 158 valence electrons. The Labute approximate surface area is 176 Å². The van der Waals surface area contributed by atoms with Crippen molar-refractivity contribution in [2.45, 2.75) is 6.54 Å². The Morgan fingerprint density at radius 3 is 2.52 bits per heavy atom. The molecule has 0 atom stereocenters. The van der Waals surface area contributed by atoms with Crippen LogP contribution in [0.5, 0.6) is 11.5 Å². The number of aromatic nitrogens is 1. The molecule has 0 aliphatic carbocycles. The van der Waals surface area contributed by atoms with Crippen molar-refractivity contribution in [1.82, 2.24) is 4.57 Å². The Bertz CT molecular complexity index is 1310. The second-order valence-electron chi connectivity index (χ2n) is 6.78. The van der Waals surface area contributed by atoms with Gasteiger partial charge in [-0.3, -0.25) is 9.36 Å². The van der Waals surface area contributed by atoms with E-state index in [1.807, 2.05) is 0 Å². The molecule has 0 aliphatic heterocycles. The zero-order valence-corrected chi connectivity index (χ0v) is 16.8.